The van der Waals surface area contributed by atoms with Crippen molar-refractivity contribution in [1.29, 1.82) is 0 Å². The first-order valence-electron chi connectivity index (χ1n) is 3.71. The quantitative estimate of drug-likeness (QED) is 0.468. The summed E-state index contributed by atoms with van der Waals surface area (Å²) in [5.74, 6) is -3.33. The molecule has 0 aliphatic heterocycles. The molecular weight excluding hydrogens is 288 g/mol. The van der Waals surface area contributed by atoms with Gasteiger partial charge in [0.05, 0.1) is 0 Å². The number of rotatable bonds is 0. The minimum Gasteiger partial charge on any atom is -0.481 e. The van der Waals surface area contributed by atoms with E-state index in [9.17, 15) is 0 Å². The van der Waals surface area contributed by atoms with E-state index >= 15 is 0 Å². The average Bonchev–Trinajstić information content (AvgIpc) is 1.76. The van der Waals surface area contributed by atoms with Crippen molar-refractivity contribution >= 4 is 23.9 Å². The fourth-order valence-electron chi connectivity index (χ4n) is 0. The van der Waals surface area contributed by atoms with Crippen LogP contribution < -0.4 is 0 Å². The fraction of sp³-hybridized carbons (Fsp3) is 0.500. The minimum absolute atomic E-state index is 0. The van der Waals surface area contributed by atoms with E-state index in [1.165, 1.54) is 0 Å². The van der Waals surface area contributed by atoms with Gasteiger partial charge in [-0.15, -0.1) is 0 Å². The Morgan fingerprint density at radius 3 is 0.529 bits per heavy atom. The van der Waals surface area contributed by atoms with Crippen molar-refractivity contribution in [2.24, 2.45) is 0 Å². The van der Waals surface area contributed by atoms with E-state index in [2.05, 4.69) is 0 Å². The van der Waals surface area contributed by atoms with Crippen molar-refractivity contribution in [1.82, 2.24) is 0 Å². The second-order valence-electron chi connectivity index (χ2n) is 2.08. The van der Waals surface area contributed by atoms with E-state index in [0.29, 0.717) is 0 Å². The third kappa shape index (κ3) is 864. The first kappa shape index (κ1) is 29.5. The van der Waals surface area contributed by atoms with Crippen molar-refractivity contribution in [2.75, 3.05) is 0 Å². The zero-order valence-corrected chi connectivity index (χ0v) is 10.7. The predicted molar refractivity (Wildman–Crippen MR) is 53.2 cm³/mol. The Balaban J connectivity index is -0.0000000369. The molecule has 0 saturated heterocycles. The summed E-state index contributed by atoms with van der Waals surface area (Å²) in [5.41, 5.74) is 0. The van der Waals surface area contributed by atoms with Gasteiger partial charge >= 0.3 is 0 Å². The summed E-state index contributed by atoms with van der Waals surface area (Å²) in [6, 6.07) is 0. The second-order valence-corrected chi connectivity index (χ2v) is 2.08. The summed E-state index contributed by atoms with van der Waals surface area (Å²) >= 11 is 0. The van der Waals surface area contributed by atoms with Crippen LogP contribution in [-0.4, -0.2) is 44.3 Å². The van der Waals surface area contributed by atoms with E-state index in [-0.39, 0.29) is 17.1 Å². The number of carboxylic acids is 4. The Morgan fingerprint density at radius 1 is 0.529 bits per heavy atom. The topological polar surface area (TPSA) is 149 Å². The molecule has 0 spiro atoms. The normalized spacial score (nSPS) is 5.88. The molecule has 0 rings (SSSR count). The van der Waals surface area contributed by atoms with E-state index in [1.807, 2.05) is 0 Å². The molecule has 17 heavy (non-hydrogen) atoms. The molecule has 0 heterocycles. The van der Waals surface area contributed by atoms with Gasteiger partial charge in [0.15, 0.2) is 0 Å². The number of carbonyl (C=O) groups is 4. The van der Waals surface area contributed by atoms with Crippen LogP contribution in [0.1, 0.15) is 27.7 Å². The third-order valence-electron chi connectivity index (χ3n) is 0. The predicted octanol–water partition coefficient (Wildman–Crippen LogP) is 0.361. The zero-order valence-electron chi connectivity index (χ0n) is 9.72. The van der Waals surface area contributed by atoms with Gasteiger partial charge in [-0.05, 0) is 0 Å². The van der Waals surface area contributed by atoms with E-state index in [0.717, 1.165) is 27.7 Å². The first-order valence-corrected chi connectivity index (χ1v) is 3.71. The molecule has 9 heteroatoms. The zero-order chi connectivity index (χ0) is 14.3. The van der Waals surface area contributed by atoms with Gasteiger partial charge in [0.1, 0.15) is 0 Å². The van der Waals surface area contributed by atoms with Gasteiger partial charge in [-0.3, -0.25) is 19.2 Å². The molecule has 0 aromatic carbocycles. The van der Waals surface area contributed by atoms with E-state index in [1.54, 1.807) is 0 Å². The summed E-state index contributed by atoms with van der Waals surface area (Å²) in [6.07, 6.45) is 0. The Hall–Kier alpha value is -1.60. The molecule has 1 radical (unpaired) electrons. The second kappa shape index (κ2) is 23.9. The SMILES string of the molecule is CC(=O)O.CC(=O)O.CC(=O)O.CC(=O)O.[Cu]. The Labute approximate surface area is 109 Å². The molecule has 0 aliphatic rings. The molecule has 4 N–H and O–H groups in total. The van der Waals surface area contributed by atoms with Crippen molar-refractivity contribution in [2.45, 2.75) is 27.7 Å². The summed E-state index contributed by atoms with van der Waals surface area (Å²) in [4.78, 5) is 36.0. The van der Waals surface area contributed by atoms with Crippen LogP contribution in [0.5, 0.6) is 0 Å². The van der Waals surface area contributed by atoms with Crippen LogP contribution in [0.15, 0.2) is 0 Å². The van der Waals surface area contributed by atoms with Gasteiger partial charge in [0, 0.05) is 44.8 Å². The van der Waals surface area contributed by atoms with E-state index < -0.39 is 23.9 Å². The molecule has 0 fully saturated rings. The molecule has 0 aromatic rings. The Morgan fingerprint density at radius 2 is 0.529 bits per heavy atom. The van der Waals surface area contributed by atoms with Gasteiger partial charge in [-0.1, -0.05) is 0 Å². The Kier molecular flexibility index (Phi) is 41.5. The van der Waals surface area contributed by atoms with Gasteiger partial charge in [-0.25, -0.2) is 0 Å². The van der Waals surface area contributed by atoms with Crippen LogP contribution >= 0.6 is 0 Å². The van der Waals surface area contributed by atoms with Crippen LogP contribution in [0.2, 0.25) is 0 Å². The molecule has 0 amide bonds. The summed E-state index contributed by atoms with van der Waals surface area (Å²) < 4.78 is 0. The largest absolute Gasteiger partial charge is 0.481 e. The maximum Gasteiger partial charge on any atom is 0.300 e. The maximum atomic E-state index is 9.00. The Bertz CT molecular complexity index is 162. The van der Waals surface area contributed by atoms with Crippen LogP contribution in [0.4, 0.5) is 0 Å². The van der Waals surface area contributed by atoms with Crippen LogP contribution in [0.3, 0.4) is 0 Å². The van der Waals surface area contributed by atoms with Gasteiger partial charge in [-0.2, -0.15) is 0 Å². The smallest absolute Gasteiger partial charge is 0.300 e. The third-order valence-corrected chi connectivity index (χ3v) is 0. The molecule has 0 saturated carbocycles. The first-order chi connectivity index (χ1) is 6.93. The average molecular weight is 304 g/mol. The maximum absolute atomic E-state index is 9.00. The molecule has 0 aromatic heterocycles. The van der Waals surface area contributed by atoms with Gasteiger partial charge < -0.3 is 20.4 Å². The fourth-order valence-corrected chi connectivity index (χ4v) is 0. The number of carboxylic acid groups (broad SMARTS) is 4. The van der Waals surface area contributed by atoms with Crippen molar-refractivity contribution < 1.29 is 56.7 Å². The van der Waals surface area contributed by atoms with Crippen LogP contribution in [-0.2, 0) is 36.2 Å². The van der Waals surface area contributed by atoms with Crippen LogP contribution in [0.25, 0.3) is 0 Å². The molecular formula is C8H16CuO8. The number of hydrogen-bond acceptors (Lipinski definition) is 4. The van der Waals surface area contributed by atoms with Gasteiger partial charge in [0.25, 0.3) is 23.9 Å². The standard InChI is InChI=1S/4C2H4O2.Cu/c4*1-2(3)4;/h4*1H3,(H,3,4);. The monoisotopic (exact) mass is 303 g/mol. The molecule has 0 atom stereocenters. The molecule has 0 aliphatic carbocycles. The van der Waals surface area contributed by atoms with Crippen LogP contribution in [0, 0.1) is 0 Å². The summed E-state index contributed by atoms with van der Waals surface area (Å²) in [6.45, 7) is 4.33. The number of hydrogen-bond donors (Lipinski definition) is 4. The molecule has 0 bridgehead atoms. The summed E-state index contributed by atoms with van der Waals surface area (Å²) in [7, 11) is 0. The van der Waals surface area contributed by atoms with E-state index in [4.69, 9.17) is 39.6 Å². The van der Waals surface area contributed by atoms with Crippen molar-refractivity contribution in [3.63, 3.8) is 0 Å². The van der Waals surface area contributed by atoms with Crippen molar-refractivity contribution in [3.8, 4) is 0 Å². The molecule has 107 valence electrons. The molecule has 0 unspecified atom stereocenters. The van der Waals surface area contributed by atoms with Crippen molar-refractivity contribution in [3.05, 3.63) is 0 Å². The molecule has 8 nitrogen and oxygen atoms in total. The van der Waals surface area contributed by atoms with Gasteiger partial charge in [0.2, 0.25) is 0 Å². The number of aliphatic carboxylic acids is 4. The minimum atomic E-state index is -0.833. The summed E-state index contributed by atoms with van der Waals surface area (Å²) in [5, 5.41) is 29.7.